The molecule has 94 valence electrons. The van der Waals surface area contributed by atoms with Crippen LogP contribution in [0.5, 0.6) is 0 Å². The molecule has 1 atom stereocenters. The summed E-state index contributed by atoms with van der Waals surface area (Å²) in [6.45, 7) is 0. The number of carbonyl (C=O) groups is 1. The predicted molar refractivity (Wildman–Crippen MR) is 78.8 cm³/mol. The Morgan fingerprint density at radius 3 is 2.94 bits per heavy atom. The molecular weight excluding hydrogens is 324 g/mol. The molecule has 0 unspecified atom stereocenters. The number of nitrogens with two attached hydrogens (primary N) is 1. The molecule has 0 aliphatic rings. The number of halogens is 2. The number of carbonyl (C=O) groups excluding carboxylic acids is 1. The minimum absolute atomic E-state index is 0.173. The Labute approximate surface area is 119 Å². The monoisotopic (exact) mass is 336 g/mol. The summed E-state index contributed by atoms with van der Waals surface area (Å²) in [5, 5.41) is 3.36. The number of anilines is 1. The first kappa shape index (κ1) is 14.8. The molecule has 0 bridgehead atoms. The van der Waals surface area contributed by atoms with Crippen LogP contribution < -0.4 is 11.1 Å². The SMILES string of the molecule is CSCC[C@H](N)C(=O)Nc1ccc(Cl)c(Br)c1. The highest BCUT2D eigenvalue weighted by Gasteiger charge is 2.13. The number of thioether (sulfide) groups is 1. The van der Waals surface area contributed by atoms with Crippen molar-refractivity contribution < 1.29 is 4.79 Å². The molecule has 1 rings (SSSR count). The lowest BCUT2D eigenvalue weighted by molar-refractivity contribution is -0.117. The molecule has 0 heterocycles. The van der Waals surface area contributed by atoms with Crippen LogP contribution in [0, 0.1) is 0 Å². The molecule has 1 amide bonds. The number of rotatable bonds is 5. The molecule has 6 heteroatoms. The number of hydrogen-bond donors (Lipinski definition) is 2. The highest BCUT2D eigenvalue weighted by atomic mass is 79.9. The molecule has 3 nitrogen and oxygen atoms in total. The van der Waals surface area contributed by atoms with Crippen LogP contribution in [-0.2, 0) is 4.79 Å². The van der Waals surface area contributed by atoms with E-state index in [1.165, 1.54) is 0 Å². The maximum absolute atomic E-state index is 11.7. The van der Waals surface area contributed by atoms with Crippen molar-refractivity contribution in [3.05, 3.63) is 27.7 Å². The van der Waals surface area contributed by atoms with Gasteiger partial charge >= 0.3 is 0 Å². The number of amides is 1. The molecule has 0 aromatic heterocycles. The fourth-order valence-electron chi connectivity index (χ4n) is 1.18. The number of hydrogen-bond acceptors (Lipinski definition) is 3. The first-order valence-electron chi connectivity index (χ1n) is 5.05. The fourth-order valence-corrected chi connectivity index (χ4v) is 2.17. The van der Waals surface area contributed by atoms with E-state index in [9.17, 15) is 4.79 Å². The molecule has 0 aliphatic heterocycles. The summed E-state index contributed by atoms with van der Waals surface area (Å²) in [6, 6.07) is 4.74. The molecule has 0 fully saturated rings. The highest BCUT2D eigenvalue weighted by Crippen LogP contribution is 2.25. The van der Waals surface area contributed by atoms with Crippen LogP contribution in [-0.4, -0.2) is 24.0 Å². The van der Waals surface area contributed by atoms with Gasteiger partial charge in [-0.15, -0.1) is 0 Å². The molecule has 0 aliphatic carbocycles. The zero-order chi connectivity index (χ0) is 12.8. The summed E-state index contributed by atoms with van der Waals surface area (Å²) in [4.78, 5) is 11.7. The Hall–Kier alpha value is -0.230. The van der Waals surface area contributed by atoms with E-state index in [4.69, 9.17) is 17.3 Å². The van der Waals surface area contributed by atoms with Crippen molar-refractivity contribution in [3.63, 3.8) is 0 Å². The van der Waals surface area contributed by atoms with Gasteiger partial charge in [0.15, 0.2) is 0 Å². The molecule has 0 radical (unpaired) electrons. The molecule has 17 heavy (non-hydrogen) atoms. The third-order valence-corrected chi connectivity index (χ3v) is 4.01. The summed E-state index contributed by atoms with van der Waals surface area (Å²) < 4.78 is 0.745. The maximum Gasteiger partial charge on any atom is 0.241 e. The van der Waals surface area contributed by atoms with Crippen LogP contribution in [0.1, 0.15) is 6.42 Å². The molecule has 0 saturated heterocycles. The van der Waals surface area contributed by atoms with Gasteiger partial charge < -0.3 is 11.1 Å². The summed E-state index contributed by atoms with van der Waals surface area (Å²) in [5.41, 5.74) is 6.44. The van der Waals surface area contributed by atoms with Gasteiger partial charge in [-0.25, -0.2) is 0 Å². The van der Waals surface area contributed by atoms with Gasteiger partial charge in [0, 0.05) is 10.2 Å². The van der Waals surface area contributed by atoms with Crippen molar-refractivity contribution >= 4 is 50.9 Å². The van der Waals surface area contributed by atoms with Gasteiger partial charge in [-0.1, -0.05) is 11.6 Å². The molecule has 1 aromatic rings. The Kier molecular flexibility index (Phi) is 6.33. The molecule has 0 spiro atoms. The Morgan fingerprint density at radius 1 is 1.65 bits per heavy atom. The third kappa shape index (κ3) is 4.87. The van der Waals surface area contributed by atoms with Crippen molar-refractivity contribution in [2.45, 2.75) is 12.5 Å². The second-order valence-corrected chi connectivity index (χ2v) is 5.75. The molecular formula is C11H14BrClN2OS. The van der Waals surface area contributed by atoms with Crippen LogP contribution in [0.2, 0.25) is 5.02 Å². The average molecular weight is 338 g/mol. The zero-order valence-electron chi connectivity index (χ0n) is 9.37. The van der Waals surface area contributed by atoms with Crippen molar-refractivity contribution in [2.24, 2.45) is 5.73 Å². The normalized spacial score (nSPS) is 12.2. The van der Waals surface area contributed by atoms with E-state index >= 15 is 0 Å². The lowest BCUT2D eigenvalue weighted by atomic mass is 10.2. The molecule has 3 N–H and O–H groups in total. The Balaban J connectivity index is 2.58. The quantitative estimate of drug-likeness (QED) is 0.868. The standard InChI is InChI=1S/C11H14BrClN2OS/c1-17-5-4-10(14)11(16)15-7-2-3-9(13)8(12)6-7/h2-3,6,10H,4-5,14H2,1H3,(H,15,16)/t10-/m0/s1. The topological polar surface area (TPSA) is 55.1 Å². The van der Waals surface area contributed by atoms with E-state index in [1.807, 2.05) is 6.26 Å². The Morgan fingerprint density at radius 2 is 2.35 bits per heavy atom. The van der Waals surface area contributed by atoms with Crippen LogP contribution in [0.4, 0.5) is 5.69 Å². The van der Waals surface area contributed by atoms with Gasteiger partial charge in [-0.3, -0.25) is 4.79 Å². The van der Waals surface area contributed by atoms with E-state index in [-0.39, 0.29) is 5.91 Å². The maximum atomic E-state index is 11.7. The van der Waals surface area contributed by atoms with Gasteiger partial charge in [-0.2, -0.15) is 11.8 Å². The fraction of sp³-hybridized carbons (Fsp3) is 0.364. The van der Waals surface area contributed by atoms with Crippen LogP contribution >= 0.6 is 39.3 Å². The minimum Gasteiger partial charge on any atom is -0.325 e. The molecule has 1 aromatic carbocycles. The zero-order valence-corrected chi connectivity index (χ0v) is 12.5. The summed E-state index contributed by atoms with van der Waals surface area (Å²) in [6.07, 6.45) is 2.66. The van der Waals surface area contributed by atoms with E-state index in [0.717, 1.165) is 10.2 Å². The van der Waals surface area contributed by atoms with E-state index in [2.05, 4.69) is 21.2 Å². The van der Waals surface area contributed by atoms with Crippen LogP contribution in [0.15, 0.2) is 22.7 Å². The van der Waals surface area contributed by atoms with Crippen molar-refractivity contribution in [1.82, 2.24) is 0 Å². The van der Waals surface area contributed by atoms with Gasteiger partial charge in [-0.05, 0) is 52.6 Å². The third-order valence-electron chi connectivity index (χ3n) is 2.16. The minimum atomic E-state index is -0.475. The molecule has 0 saturated carbocycles. The first-order valence-corrected chi connectivity index (χ1v) is 7.61. The van der Waals surface area contributed by atoms with Gasteiger partial charge in [0.2, 0.25) is 5.91 Å². The van der Waals surface area contributed by atoms with Crippen LogP contribution in [0.25, 0.3) is 0 Å². The van der Waals surface area contributed by atoms with Crippen LogP contribution in [0.3, 0.4) is 0 Å². The smallest absolute Gasteiger partial charge is 0.241 e. The number of nitrogens with one attached hydrogen (secondary N) is 1. The number of benzene rings is 1. The van der Waals surface area contributed by atoms with Gasteiger partial charge in [0.05, 0.1) is 11.1 Å². The van der Waals surface area contributed by atoms with Crippen molar-refractivity contribution in [2.75, 3.05) is 17.3 Å². The van der Waals surface area contributed by atoms with Crippen molar-refractivity contribution in [1.29, 1.82) is 0 Å². The second-order valence-electron chi connectivity index (χ2n) is 3.51. The predicted octanol–water partition coefficient (Wildman–Crippen LogP) is 3.12. The van der Waals surface area contributed by atoms with Crippen molar-refractivity contribution in [3.8, 4) is 0 Å². The van der Waals surface area contributed by atoms with Gasteiger partial charge in [0.25, 0.3) is 0 Å². The highest BCUT2D eigenvalue weighted by molar-refractivity contribution is 9.10. The Bertz CT molecular complexity index is 403. The second kappa shape index (κ2) is 7.26. The summed E-state index contributed by atoms with van der Waals surface area (Å²) in [5.74, 6) is 0.701. The van der Waals surface area contributed by atoms with E-state index in [0.29, 0.717) is 17.1 Å². The lowest BCUT2D eigenvalue weighted by Crippen LogP contribution is -2.36. The first-order chi connectivity index (χ1) is 8.04. The lowest BCUT2D eigenvalue weighted by Gasteiger charge is -2.12. The van der Waals surface area contributed by atoms with E-state index in [1.54, 1.807) is 30.0 Å². The van der Waals surface area contributed by atoms with E-state index < -0.39 is 6.04 Å². The summed E-state index contributed by atoms with van der Waals surface area (Å²) in [7, 11) is 0. The van der Waals surface area contributed by atoms with Gasteiger partial charge in [0.1, 0.15) is 0 Å². The average Bonchev–Trinajstić information content (AvgIpc) is 2.30. The summed E-state index contributed by atoms with van der Waals surface area (Å²) >= 11 is 10.8. The largest absolute Gasteiger partial charge is 0.325 e.